The van der Waals surface area contributed by atoms with Gasteiger partial charge in [-0.05, 0) is 55.4 Å². The van der Waals surface area contributed by atoms with Crippen molar-refractivity contribution in [2.75, 3.05) is 17.2 Å². The standard InChI is InChI=1S/C16H22N2O/c1-2-10-18(12-8-6-11(17)7-9-12)16(19)15-13-4-3-5-14(13)15/h6-9,13-15H,2-5,10,17H2,1H3. The van der Waals surface area contributed by atoms with E-state index in [9.17, 15) is 4.79 Å². The fourth-order valence-corrected chi connectivity index (χ4v) is 3.61. The quantitative estimate of drug-likeness (QED) is 0.844. The minimum Gasteiger partial charge on any atom is -0.399 e. The number of rotatable bonds is 4. The van der Waals surface area contributed by atoms with Crippen molar-refractivity contribution in [1.82, 2.24) is 0 Å². The largest absolute Gasteiger partial charge is 0.399 e. The van der Waals surface area contributed by atoms with Gasteiger partial charge in [-0.1, -0.05) is 13.3 Å². The number of hydrogen-bond acceptors (Lipinski definition) is 2. The van der Waals surface area contributed by atoms with Crippen LogP contribution in [0.5, 0.6) is 0 Å². The minimum atomic E-state index is 0.304. The molecular formula is C16H22N2O. The lowest BCUT2D eigenvalue weighted by Crippen LogP contribution is -2.34. The predicted molar refractivity (Wildman–Crippen MR) is 77.8 cm³/mol. The van der Waals surface area contributed by atoms with E-state index < -0.39 is 0 Å². The lowest BCUT2D eigenvalue weighted by molar-refractivity contribution is -0.120. The first-order chi connectivity index (χ1) is 9.22. The van der Waals surface area contributed by atoms with Gasteiger partial charge in [-0.25, -0.2) is 0 Å². The number of fused-ring (bicyclic) bond motifs is 1. The highest BCUT2D eigenvalue weighted by Gasteiger charge is 2.57. The second-order valence-corrected chi connectivity index (χ2v) is 5.87. The van der Waals surface area contributed by atoms with E-state index in [-0.39, 0.29) is 0 Å². The van der Waals surface area contributed by atoms with E-state index >= 15 is 0 Å². The van der Waals surface area contributed by atoms with Crippen molar-refractivity contribution in [3.8, 4) is 0 Å². The maximum absolute atomic E-state index is 12.7. The van der Waals surface area contributed by atoms with Crippen molar-refractivity contribution < 1.29 is 4.79 Å². The molecular weight excluding hydrogens is 236 g/mol. The smallest absolute Gasteiger partial charge is 0.230 e. The Hall–Kier alpha value is -1.51. The summed E-state index contributed by atoms with van der Waals surface area (Å²) in [4.78, 5) is 14.6. The molecule has 102 valence electrons. The normalized spacial score (nSPS) is 27.9. The number of amides is 1. The molecule has 0 aromatic heterocycles. The van der Waals surface area contributed by atoms with Crippen molar-refractivity contribution in [2.45, 2.75) is 32.6 Å². The molecule has 2 aliphatic rings. The Morgan fingerprint density at radius 3 is 2.47 bits per heavy atom. The first-order valence-corrected chi connectivity index (χ1v) is 7.39. The second kappa shape index (κ2) is 4.87. The van der Waals surface area contributed by atoms with Crippen LogP contribution < -0.4 is 10.6 Å². The van der Waals surface area contributed by atoms with Crippen LogP contribution in [0, 0.1) is 17.8 Å². The van der Waals surface area contributed by atoms with Gasteiger partial charge in [0.25, 0.3) is 0 Å². The van der Waals surface area contributed by atoms with Crippen molar-refractivity contribution >= 4 is 17.3 Å². The van der Waals surface area contributed by atoms with Gasteiger partial charge in [-0.3, -0.25) is 4.79 Å². The van der Waals surface area contributed by atoms with Crippen molar-refractivity contribution in [3.63, 3.8) is 0 Å². The zero-order valence-electron chi connectivity index (χ0n) is 11.5. The summed E-state index contributed by atoms with van der Waals surface area (Å²) in [6.07, 6.45) is 4.80. The van der Waals surface area contributed by atoms with Crippen LogP contribution in [0.3, 0.4) is 0 Å². The number of carbonyl (C=O) groups excluding carboxylic acids is 1. The molecule has 2 aliphatic carbocycles. The number of nitrogen functional groups attached to an aromatic ring is 1. The van der Waals surface area contributed by atoms with Gasteiger partial charge in [0, 0.05) is 23.8 Å². The molecule has 19 heavy (non-hydrogen) atoms. The van der Waals surface area contributed by atoms with Gasteiger partial charge >= 0.3 is 0 Å². The molecule has 0 bridgehead atoms. The Labute approximate surface area is 114 Å². The Kier molecular flexibility index (Phi) is 3.21. The monoisotopic (exact) mass is 258 g/mol. The zero-order valence-corrected chi connectivity index (χ0v) is 11.5. The Balaban J connectivity index is 1.77. The summed E-state index contributed by atoms with van der Waals surface area (Å²) in [5, 5.41) is 0. The van der Waals surface area contributed by atoms with E-state index in [0.29, 0.717) is 23.7 Å². The van der Waals surface area contributed by atoms with Crippen LogP contribution in [-0.4, -0.2) is 12.5 Å². The second-order valence-electron chi connectivity index (χ2n) is 5.87. The maximum Gasteiger partial charge on any atom is 0.230 e. The fourth-order valence-electron chi connectivity index (χ4n) is 3.61. The van der Waals surface area contributed by atoms with Crippen LogP contribution in [0.25, 0.3) is 0 Å². The molecule has 0 heterocycles. The molecule has 2 saturated carbocycles. The highest BCUT2D eigenvalue weighted by molar-refractivity contribution is 5.97. The molecule has 2 unspecified atom stereocenters. The number of carbonyl (C=O) groups is 1. The molecule has 0 radical (unpaired) electrons. The van der Waals surface area contributed by atoms with Gasteiger partial charge in [-0.15, -0.1) is 0 Å². The third kappa shape index (κ3) is 2.22. The van der Waals surface area contributed by atoms with Crippen molar-refractivity contribution in [1.29, 1.82) is 0 Å². The molecule has 1 amide bonds. The molecule has 0 spiro atoms. The Morgan fingerprint density at radius 2 is 1.89 bits per heavy atom. The average molecular weight is 258 g/mol. The van der Waals surface area contributed by atoms with Gasteiger partial charge < -0.3 is 10.6 Å². The lowest BCUT2D eigenvalue weighted by atomic mass is 10.1. The summed E-state index contributed by atoms with van der Waals surface area (Å²) in [5.74, 6) is 2.00. The van der Waals surface area contributed by atoms with Crippen molar-refractivity contribution in [2.24, 2.45) is 17.8 Å². The maximum atomic E-state index is 12.7. The summed E-state index contributed by atoms with van der Waals surface area (Å²) >= 11 is 0. The summed E-state index contributed by atoms with van der Waals surface area (Å²) in [6.45, 7) is 2.92. The number of benzene rings is 1. The summed E-state index contributed by atoms with van der Waals surface area (Å²) in [6, 6.07) is 7.67. The number of hydrogen-bond donors (Lipinski definition) is 1. The first-order valence-electron chi connectivity index (χ1n) is 7.39. The fraction of sp³-hybridized carbons (Fsp3) is 0.562. The molecule has 2 fully saturated rings. The number of nitrogens with zero attached hydrogens (tertiary/aromatic N) is 1. The summed E-state index contributed by atoms with van der Waals surface area (Å²) < 4.78 is 0. The average Bonchev–Trinajstić information content (AvgIpc) is 2.89. The minimum absolute atomic E-state index is 0.304. The molecule has 3 nitrogen and oxygen atoms in total. The van der Waals surface area contributed by atoms with Crippen LogP contribution >= 0.6 is 0 Å². The molecule has 2 N–H and O–H groups in total. The Morgan fingerprint density at radius 1 is 1.26 bits per heavy atom. The van der Waals surface area contributed by atoms with Crippen LogP contribution in [0.2, 0.25) is 0 Å². The molecule has 1 aromatic carbocycles. The SMILES string of the molecule is CCCN(C(=O)C1C2CCCC21)c1ccc(N)cc1. The molecule has 0 saturated heterocycles. The molecule has 2 atom stereocenters. The van der Waals surface area contributed by atoms with Gasteiger partial charge in [0.2, 0.25) is 5.91 Å². The van der Waals surface area contributed by atoms with Crippen LogP contribution in [-0.2, 0) is 4.79 Å². The number of nitrogens with two attached hydrogens (primary N) is 1. The number of anilines is 2. The van der Waals surface area contributed by atoms with Gasteiger partial charge in [0.1, 0.15) is 0 Å². The van der Waals surface area contributed by atoms with E-state index in [0.717, 1.165) is 24.3 Å². The summed E-state index contributed by atoms with van der Waals surface area (Å²) in [7, 11) is 0. The van der Waals surface area contributed by atoms with E-state index in [1.54, 1.807) is 0 Å². The third-order valence-electron chi connectivity index (χ3n) is 4.61. The molecule has 3 rings (SSSR count). The molecule has 3 heteroatoms. The van der Waals surface area contributed by atoms with Gasteiger partial charge in [0.15, 0.2) is 0 Å². The van der Waals surface area contributed by atoms with Gasteiger partial charge in [-0.2, -0.15) is 0 Å². The van der Waals surface area contributed by atoms with E-state index in [2.05, 4.69) is 6.92 Å². The first kappa shape index (κ1) is 12.5. The lowest BCUT2D eigenvalue weighted by Gasteiger charge is -2.23. The van der Waals surface area contributed by atoms with Crippen LogP contribution in [0.4, 0.5) is 11.4 Å². The predicted octanol–water partition coefficient (Wildman–Crippen LogP) is 3.06. The van der Waals surface area contributed by atoms with Crippen LogP contribution in [0.1, 0.15) is 32.6 Å². The third-order valence-corrected chi connectivity index (χ3v) is 4.61. The van der Waals surface area contributed by atoms with E-state index in [1.807, 2.05) is 29.2 Å². The van der Waals surface area contributed by atoms with E-state index in [4.69, 9.17) is 5.73 Å². The Bertz CT molecular complexity index is 458. The highest BCUT2D eigenvalue weighted by atomic mass is 16.2. The van der Waals surface area contributed by atoms with Crippen LogP contribution in [0.15, 0.2) is 24.3 Å². The molecule has 1 aromatic rings. The van der Waals surface area contributed by atoms with E-state index in [1.165, 1.54) is 19.3 Å². The topological polar surface area (TPSA) is 46.3 Å². The highest BCUT2D eigenvalue weighted by Crippen LogP contribution is 2.58. The van der Waals surface area contributed by atoms with Gasteiger partial charge in [0.05, 0.1) is 0 Å². The molecule has 0 aliphatic heterocycles. The summed E-state index contributed by atoms with van der Waals surface area (Å²) in [5.41, 5.74) is 7.46. The van der Waals surface area contributed by atoms with Crippen molar-refractivity contribution in [3.05, 3.63) is 24.3 Å². The zero-order chi connectivity index (χ0) is 13.4.